The minimum Gasteiger partial charge on any atom is -0.477 e. The first-order chi connectivity index (χ1) is 12.1. The lowest BCUT2D eigenvalue weighted by Gasteiger charge is -2.16. The number of rotatable bonds is 9. The van der Waals surface area contributed by atoms with E-state index in [-0.39, 0.29) is 5.69 Å². The summed E-state index contributed by atoms with van der Waals surface area (Å²) in [6, 6.07) is 10.1. The van der Waals surface area contributed by atoms with E-state index in [4.69, 9.17) is 0 Å². The predicted octanol–water partition coefficient (Wildman–Crippen LogP) is 5.77. The highest BCUT2D eigenvalue weighted by Gasteiger charge is 2.15. The van der Waals surface area contributed by atoms with Crippen molar-refractivity contribution in [1.29, 1.82) is 0 Å². The minimum atomic E-state index is -0.972. The number of aromatic nitrogens is 1. The molecule has 0 spiro atoms. The lowest BCUT2D eigenvalue weighted by Crippen LogP contribution is -2.05. The molecule has 0 bridgehead atoms. The van der Waals surface area contributed by atoms with Crippen LogP contribution in [0.15, 0.2) is 36.5 Å². The van der Waals surface area contributed by atoms with Crippen molar-refractivity contribution in [2.45, 2.75) is 59.3 Å². The van der Waals surface area contributed by atoms with E-state index in [1.54, 1.807) is 12.3 Å². The Labute approximate surface area is 151 Å². The van der Waals surface area contributed by atoms with E-state index in [9.17, 15) is 9.90 Å². The number of hydrogen-bond acceptors (Lipinski definition) is 2. The molecule has 1 N–H and O–H groups in total. The van der Waals surface area contributed by atoms with Crippen molar-refractivity contribution in [2.24, 2.45) is 5.92 Å². The van der Waals surface area contributed by atoms with E-state index in [1.807, 2.05) is 6.07 Å². The summed E-state index contributed by atoms with van der Waals surface area (Å²) in [5.41, 5.74) is 4.74. The van der Waals surface area contributed by atoms with Crippen molar-refractivity contribution in [1.82, 2.24) is 4.98 Å². The molecule has 1 aromatic heterocycles. The van der Waals surface area contributed by atoms with Gasteiger partial charge in [0.2, 0.25) is 0 Å². The summed E-state index contributed by atoms with van der Waals surface area (Å²) in [6.07, 6.45) is 8.28. The predicted molar refractivity (Wildman–Crippen MR) is 103 cm³/mol. The maximum absolute atomic E-state index is 11.4. The Balaban J connectivity index is 2.47. The quantitative estimate of drug-likeness (QED) is 0.590. The Morgan fingerprint density at radius 1 is 1.12 bits per heavy atom. The molecule has 0 amide bonds. The molecule has 0 radical (unpaired) electrons. The van der Waals surface area contributed by atoms with Gasteiger partial charge in [-0.1, -0.05) is 64.3 Å². The number of aryl methyl sites for hydroxylation is 1. The molecule has 2 aromatic rings. The summed E-state index contributed by atoms with van der Waals surface area (Å²) in [5.74, 6) is -0.369. The zero-order valence-electron chi connectivity index (χ0n) is 15.6. The van der Waals surface area contributed by atoms with E-state index in [1.165, 1.54) is 18.4 Å². The number of aromatic carboxylic acids is 1. The Bertz CT molecular complexity index is 709. The van der Waals surface area contributed by atoms with Crippen molar-refractivity contribution in [3.8, 4) is 11.1 Å². The first-order valence-electron chi connectivity index (χ1n) is 9.37. The topological polar surface area (TPSA) is 50.2 Å². The fourth-order valence-electron chi connectivity index (χ4n) is 3.10. The van der Waals surface area contributed by atoms with Gasteiger partial charge >= 0.3 is 5.97 Å². The number of nitrogens with zero attached hydrogens (tertiary/aromatic N) is 1. The fourth-order valence-corrected chi connectivity index (χ4v) is 3.10. The van der Waals surface area contributed by atoms with Crippen LogP contribution in [0.5, 0.6) is 0 Å². The maximum Gasteiger partial charge on any atom is 0.354 e. The third kappa shape index (κ3) is 5.15. The van der Waals surface area contributed by atoms with Crippen molar-refractivity contribution >= 4 is 5.97 Å². The average molecular weight is 339 g/mol. The van der Waals surface area contributed by atoms with Crippen LogP contribution in [0.1, 0.15) is 68.1 Å². The highest BCUT2D eigenvalue weighted by atomic mass is 16.4. The molecule has 0 aliphatic heterocycles. The van der Waals surface area contributed by atoms with Gasteiger partial charge in [-0.2, -0.15) is 0 Å². The summed E-state index contributed by atoms with van der Waals surface area (Å²) in [7, 11) is 0. The largest absolute Gasteiger partial charge is 0.477 e. The Kier molecular flexibility index (Phi) is 7.17. The molecule has 2 rings (SSSR count). The maximum atomic E-state index is 11.4. The van der Waals surface area contributed by atoms with Crippen LogP contribution in [-0.2, 0) is 12.8 Å². The molecule has 25 heavy (non-hydrogen) atoms. The summed E-state index contributed by atoms with van der Waals surface area (Å²) in [5, 5.41) is 9.35. The molecule has 134 valence electrons. The van der Waals surface area contributed by atoms with Crippen molar-refractivity contribution in [3.05, 3.63) is 53.3 Å². The highest BCUT2D eigenvalue weighted by Crippen LogP contribution is 2.30. The van der Waals surface area contributed by atoms with E-state index in [0.717, 1.165) is 42.4 Å². The number of carboxylic acids is 1. The van der Waals surface area contributed by atoms with Gasteiger partial charge in [0, 0.05) is 6.20 Å². The molecule has 0 saturated heterocycles. The van der Waals surface area contributed by atoms with Crippen molar-refractivity contribution in [2.75, 3.05) is 0 Å². The molecule has 0 saturated carbocycles. The lowest BCUT2D eigenvalue weighted by atomic mass is 9.89. The van der Waals surface area contributed by atoms with Crippen LogP contribution >= 0.6 is 0 Å². The second-order valence-corrected chi connectivity index (χ2v) is 6.86. The van der Waals surface area contributed by atoms with Crippen LogP contribution in [0.3, 0.4) is 0 Å². The molecule has 3 heteroatoms. The van der Waals surface area contributed by atoms with Crippen LogP contribution in [0.25, 0.3) is 11.1 Å². The fraction of sp³-hybridized carbons (Fsp3) is 0.455. The summed E-state index contributed by atoms with van der Waals surface area (Å²) < 4.78 is 0. The smallest absolute Gasteiger partial charge is 0.354 e. The number of unbranched alkanes of at least 4 members (excludes halogenated alkanes) is 2. The van der Waals surface area contributed by atoms with Crippen LogP contribution in [0.4, 0.5) is 0 Å². The van der Waals surface area contributed by atoms with Crippen LogP contribution in [-0.4, -0.2) is 16.1 Å². The third-order valence-electron chi connectivity index (χ3n) is 4.83. The van der Waals surface area contributed by atoms with Gasteiger partial charge in [-0.15, -0.1) is 0 Å². The molecule has 0 fully saturated rings. The van der Waals surface area contributed by atoms with E-state index in [2.05, 4.69) is 44.0 Å². The number of carboxylic acid groups (broad SMARTS) is 1. The van der Waals surface area contributed by atoms with Gasteiger partial charge < -0.3 is 5.11 Å². The van der Waals surface area contributed by atoms with Crippen LogP contribution in [0, 0.1) is 5.92 Å². The van der Waals surface area contributed by atoms with Crippen molar-refractivity contribution < 1.29 is 9.90 Å². The summed E-state index contributed by atoms with van der Waals surface area (Å²) in [6.45, 7) is 6.65. The second-order valence-electron chi connectivity index (χ2n) is 6.86. The number of hydrogen-bond donors (Lipinski definition) is 1. The molecule has 1 atom stereocenters. The highest BCUT2D eigenvalue weighted by molar-refractivity contribution is 5.88. The molecule has 3 nitrogen and oxygen atoms in total. The van der Waals surface area contributed by atoms with E-state index in [0.29, 0.717) is 5.92 Å². The molecule has 0 aliphatic carbocycles. The molecule has 0 aliphatic rings. The molecule has 0 unspecified atom stereocenters. The first kappa shape index (κ1) is 19.2. The Morgan fingerprint density at radius 3 is 2.56 bits per heavy atom. The van der Waals surface area contributed by atoms with E-state index < -0.39 is 5.97 Å². The van der Waals surface area contributed by atoms with Crippen LogP contribution in [0.2, 0.25) is 0 Å². The number of benzene rings is 1. The number of carbonyl (C=O) groups is 1. The van der Waals surface area contributed by atoms with Gasteiger partial charge in [0.1, 0.15) is 5.69 Å². The molecular weight excluding hydrogens is 310 g/mol. The monoisotopic (exact) mass is 339 g/mol. The first-order valence-corrected chi connectivity index (χ1v) is 9.37. The molecular formula is C22H29NO2. The van der Waals surface area contributed by atoms with Crippen LogP contribution < -0.4 is 0 Å². The second kappa shape index (κ2) is 9.36. The van der Waals surface area contributed by atoms with Crippen molar-refractivity contribution in [3.63, 3.8) is 0 Å². The standard InChI is InChI=1S/C22H29NO2/c1-4-6-7-11-18-15-23-21(22(24)25)14-20(18)19-12-9-8-10-17(19)13-16(3)5-2/h8-10,12,14-16H,4-7,11,13H2,1-3H3,(H,24,25)/t16-/m0/s1. The van der Waals surface area contributed by atoms with Gasteiger partial charge in [0.25, 0.3) is 0 Å². The van der Waals surface area contributed by atoms with Gasteiger partial charge in [-0.25, -0.2) is 9.78 Å². The Morgan fingerprint density at radius 2 is 1.88 bits per heavy atom. The Hall–Kier alpha value is -2.16. The zero-order valence-corrected chi connectivity index (χ0v) is 15.6. The summed E-state index contributed by atoms with van der Waals surface area (Å²) >= 11 is 0. The molecule has 1 heterocycles. The van der Waals surface area contributed by atoms with Gasteiger partial charge in [-0.3, -0.25) is 0 Å². The van der Waals surface area contributed by atoms with Gasteiger partial charge in [-0.05, 0) is 53.5 Å². The lowest BCUT2D eigenvalue weighted by molar-refractivity contribution is 0.0690. The normalized spacial score (nSPS) is 12.1. The minimum absolute atomic E-state index is 0.118. The number of pyridine rings is 1. The average Bonchev–Trinajstić information content (AvgIpc) is 2.62. The third-order valence-corrected chi connectivity index (χ3v) is 4.83. The summed E-state index contributed by atoms with van der Waals surface area (Å²) in [4.78, 5) is 15.6. The zero-order chi connectivity index (χ0) is 18.2. The van der Waals surface area contributed by atoms with Gasteiger partial charge in [0.05, 0.1) is 0 Å². The van der Waals surface area contributed by atoms with Gasteiger partial charge in [0.15, 0.2) is 0 Å². The molecule has 1 aromatic carbocycles. The van der Waals surface area contributed by atoms with E-state index >= 15 is 0 Å². The SMILES string of the molecule is CCCCCc1cnc(C(=O)O)cc1-c1ccccc1C[C@@H](C)CC.